The van der Waals surface area contributed by atoms with Crippen molar-refractivity contribution in [3.05, 3.63) is 0 Å². The molecule has 0 saturated heterocycles. The van der Waals surface area contributed by atoms with Gasteiger partial charge in [-0.3, -0.25) is 0 Å². The maximum absolute atomic E-state index is 2.34. The molecule has 0 aromatic heterocycles. The monoisotopic (exact) mass is 324 g/mol. The van der Waals surface area contributed by atoms with E-state index in [1.165, 1.54) is 0 Å². The van der Waals surface area contributed by atoms with E-state index in [9.17, 15) is 0 Å². The average molecular weight is 324 g/mol. The van der Waals surface area contributed by atoms with Crippen LogP contribution >= 0.6 is 40.5 Å². The summed E-state index contributed by atoms with van der Waals surface area (Å²) in [5, 5.41) is 0. The van der Waals surface area contributed by atoms with Gasteiger partial charge >= 0.3 is 49.2 Å². The zero-order chi connectivity index (χ0) is 2.71. The topological polar surface area (TPSA) is 31.5 Å². The van der Waals surface area contributed by atoms with E-state index in [1.807, 2.05) is 0 Å². The first-order valence-electron chi connectivity index (χ1n) is 0.309. The summed E-state index contributed by atoms with van der Waals surface area (Å²) in [6.07, 6.45) is 0. The first-order valence-corrected chi connectivity index (χ1v) is 8.54. The second-order valence-electron chi connectivity index (χ2n) is 0.0583. The Labute approximate surface area is 53.9 Å². The van der Waals surface area contributed by atoms with Crippen LogP contribution in [0.3, 0.4) is 0 Å². The molecule has 4 heavy (non-hydrogen) atoms. The molecule has 0 amide bonds. The van der Waals surface area contributed by atoms with Gasteiger partial charge in [0.05, 0.1) is 0 Å². The molecule has 0 unspecified atom stereocenters. The van der Waals surface area contributed by atoms with Crippen LogP contribution in [0.15, 0.2) is 0 Å². The molecule has 0 fully saturated rings. The van der Waals surface area contributed by atoms with Crippen molar-refractivity contribution < 1.29 is 14.1 Å². The molecular weight excluding hydrogens is 322 g/mol. The molecule has 0 aromatic carbocycles. The van der Waals surface area contributed by atoms with Crippen molar-refractivity contribution in [2.45, 2.75) is 0 Å². The van der Waals surface area contributed by atoms with E-state index in [-0.39, 0.29) is 5.48 Å². The van der Waals surface area contributed by atoms with Gasteiger partial charge in [-0.2, -0.15) is 0 Å². The van der Waals surface area contributed by atoms with E-state index >= 15 is 0 Å². The van der Waals surface area contributed by atoms with E-state index in [4.69, 9.17) is 0 Å². The van der Waals surface area contributed by atoms with E-state index in [0.29, 0.717) is 0 Å². The predicted molar refractivity (Wildman–Crippen MR) is 31.7 cm³/mol. The number of hydrogen-bond acceptors (Lipinski definition) is 0. The van der Waals surface area contributed by atoms with Crippen molar-refractivity contribution in [1.29, 1.82) is 0 Å². The first-order chi connectivity index (χ1) is 1.41. The van der Waals surface area contributed by atoms with Crippen molar-refractivity contribution in [1.82, 2.24) is 0 Å². The van der Waals surface area contributed by atoms with E-state index in [2.05, 4.69) is 40.5 Å². The fourth-order valence-corrected chi connectivity index (χ4v) is 0. The van der Waals surface area contributed by atoms with Crippen molar-refractivity contribution in [2.24, 2.45) is 0 Å². The Morgan fingerprint density at radius 1 is 1.25 bits per heavy atom. The van der Waals surface area contributed by atoms with Crippen LogP contribution in [-0.2, 0) is 8.65 Å². The average Bonchev–Trinajstić information content (AvgIpc) is 0.918. The van der Waals surface area contributed by atoms with Gasteiger partial charge in [-0.05, 0) is 0 Å². The number of hydrogen-bond donors (Lipinski definition) is 0. The summed E-state index contributed by atoms with van der Waals surface area (Å²) in [5.74, 6) is 0. The van der Waals surface area contributed by atoms with Crippen molar-refractivity contribution in [2.75, 3.05) is 0 Å². The van der Waals surface area contributed by atoms with Gasteiger partial charge in [-0.25, -0.2) is 0 Å². The molecule has 0 aliphatic heterocycles. The molecule has 0 saturated carbocycles. The summed E-state index contributed by atoms with van der Waals surface area (Å²) in [4.78, 5) is 0. The second kappa shape index (κ2) is 8.88. The molecule has 0 aromatic rings. The predicted octanol–water partition coefficient (Wildman–Crippen LogP) is 0.944. The third-order valence-corrected chi connectivity index (χ3v) is 0. The molecule has 2 N–H and O–H groups in total. The Bertz CT molecular complexity index is 6.00. The van der Waals surface area contributed by atoms with Gasteiger partial charge in [0.15, 0.2) is 0 Å². The van der Waals surface area contributed by atoms with Gasteiger partial charge < -0.3 is 5.48 Å². The van der Waals surface area contributed by atoms with Crippen LogP contribution in [0.2, 0.25) is 0 Å². The van der Waals surface area contributed by atoms with Crippen LogP contribution in [0, 0.1) is 0 Å². The standard InChI is InChI=1S/Cr.2HI.H2O/h;2*1H;1H2/q+2;;;/p-2. The minimum atomic E-state index is 0. The Kier molecular flexibility index (Phi) is 20.7. The molecule has 28 valence electrons. The van der Waals surface area contributed by atoms with Gasteiger partial charge in [0, 0.05) is 0 Å². The Balaban J connectivity index is 0. The molecule has 0 bridgehead atoms. The summed E-state index contributed by atoms with van der Waals surface area (Å²) < 4.78 is 0. The molecule has 0 heterocycles. The quantitative estimate of drug-likeness (QED) is 0.594. The number of rotatable bonds is 0. The van der Waals surface area contributed by atoms with Gasteiger partial charge in [0.1, 0.15) is 0 Å². The fourth-order valence-electron chi connectivity index (χ4n) is 0. The van der Waals surface area contributed by atoms with Crippen LogP contribution in [-0.4, -0.2) is 5.48 Å². The maximum atomic E-state index is 2.34. The molecule has 0 aliphatic rings. The van der Waals surface area contributed by atoms with E-state index in [1.54, 1.807) is 0 Å². The van der Waals surface area contributed by atoms with E-state index in [0.717, 1.165) is 8.65 Å². The van der Waals surface area contributed by atoms with E-state index < -0.39 is 0 Å². The fraction of sp³-hybridized carbons (Fsp3) is 0. The van der Waals surface area contributed by atoms with Crippen LogP contribution in [0.5, 0.6) is 0 Å². The second-order valence-corrected chi connectivity index (χ2v) is 10.8. The molecule has 0 rings (SSSR count). The Morgan fingerprint density at radius 2 is 1.25 bits per heavy atom. The molecule has 0 atom stereocenters. The van der Waals surface area contributed by atoms with Gasteiger partial charge in [0.2, 0.25) is 0 Å². The van der Waals surface area contributed by atoms with Gasteiger partial charge in [-0.1, -0.05) is 0 Å². The van der Waals surface area contributed by atoms with Crippen molar-refractivity contribution in [3.63, 3.8) is 0 Å². The third kappa shape index (κ3) is 9.04. The van der Waals surface area contributed by atoms with Crippen LogP contribution < -0.4 is 0 Å². The molecule has 0 aliphatic carbocycles. The third-order valence-electron chi connectivity index (χ3n) is 0. The van der Waals surface area contributed by atoms with Crippen LogP contribution in [0.25, 0.3) is 0 Å². The summed E-state index contributed by atoms with van der Waals surface area (Å²) in [6.45, 7) is 0. The Hall–Kier alpha value is 1.95. The minimum absolute atomic E-state index is 0. The summed E-state index contributed by atoms with van der Waals surface area (Å²) in [6, 6.07) is 0. The zero-order valence-electron chi connectivity index (χ0n) is 1.66. The molecule has 0 radical (unpaired) electrons. The number of halogens is 2. The van der Waals surface area contributed by atoms with Gasteiger partial charge in [-0.15, -0.1) is 0 Å². The molecule has 4 heteroatoms. The summed E-state index contributed by atoms with van der Waals surface area (Å²) in [5.41, 5.74) is 0. The molecule has 1 nitrogen and oxygen atoms in total. The first kappa shape index (κ1) is 9.35. The normalized spacial score (nSPS) is 4.50. The van der Waals surface area contributed by atoms with Crippen LogP contribution in [0.4, 0.5) is 0 Å². The summed E-state index contributed by atoms with van der Waals surface area (Å²) >= 11 is 4.68. The van der Waals surface area contributed by atoms with Crippen molar-refractivity contribution >= 4 is 40.5 Å². The zero-order valence-corrected chi connectivity index (χ0v) is 7.25. The molecule has 0 spiro atoms. The Morgan fingerprint density at radius 3 is 1.25 bits per heavy atom. The van der Waals surface area contributed by atoms with Crippen molar-refractivity contribution in [3.8, 4) is 0 Å². The SMILES string of the molecule is O.[I][Cr][I]. The van der Waals surface area contributed by atoms with Gasteiger partial charge in [0.25, 0.3) is 0 Å². The summed E-state index contributed by atoms with van der Waals surface area (Å²) in [7, 11) is 0.815. The molecular formula is H2CrI2O. The van der Waals surface area contributed by atoms with Crippen LogP contribution in [0.1, 0.15) is 0 Å².